The van der Waals surface area contributed by atoms with Crippen molar-refractivity contribution in [3.63, 3.8) is 0 Å². The van der Waals surface area contributed by atoms with Gasteiger partial charge in [0.05, 0.1) is 11.2 Å². The molecule has 2 heterocycles. The fourth-order valence-electron chi connectivity index (χ4n) is 2.51. The average molecular weight is 360 g/mol. The molecule has 4 rings (SSSR count). The van der Waals surface area contributed by atoms with Crippen LogP contribution in [0.5, 0.6) is 0 Å². The van der Waals surface area contributed by atoms with Gasteiger partial charge in [-0.3, -0.25) is 0 Å². The molecule has 0 radical (unpaired) electrons. The maximum Gasteiger partial charge on any atom is 0.278 e. The zero-order chi connectivity index (χ0) is 15.2. The second-order valence-electron chi connectivity index (χ2n) is 5.56. The molecule has 1 saturated carbocycles. The van der Waals surface area contributed by atoms with E-state index in [0.717, 1.165) is 29.4 Å². The second-order valence-corrected chi connectivity index (χ2v) is 6.47. The van der Waals surface area contributed by atoms with Gasteiger partial charge in [0.15, 0.2) is 11.5 Å². The molecule has 0 bridgehead atoms. The van der Waals surface area contributed by atoms with Crippen LogP contribution in [0.2, 0.25) is 0 Å². The maximum absolute atomic E-state index is 6.21. The van der Waals surface area contributed by atoms with Gasteiger partial charge < -0.3 is 10.3 Å². The van der Waals surface area contributed by atoms with Crippen molar-refractivity contribution in [2.75, 3.05) is 0 Å². The number of nitrogens with zero attached hydrogens (tertiary/aromatic N) is 4. The molecule has 0 aliphatic heterocycles. The van der Waals surface area contributed by atoms with Gasteiger partial charge in [-0.15, -0.1) is 0 Å². The summed E-state index contributed by atoms with van der Waals surface area (Å²) in [5.74, 6) is 0.978. The predicted octanol–water partition coefficient (Wildman–Crippen LogP) is 3.02. The Balaban J connectivity index is 1.64. The minimum absolute atomic E-state index is 0.403. The molecule has 0 spiro atoms. The second kappa shape index (κ2) is 5.03. The molecular weight excluding hydrogens is 346 g/mol. The van der Waals surface area contributed by atoms with Gasteiger partial charge in [-0.05, 0) is 43.5 Å². The summed E-state index contributed by atoms with van der Waals surface area (Å²) in [6, 6.07) is 9.74. The molecule has 1 aromatic carbocycles. The van der Waals surface area contributed by atoms with Gasteiger partial charge in [0.2, 0.25) is 0 Å². The lowest BCUT2D eigenvalue weighted by molar-refractivity contribution is 0.229. The van der Waals surface area contributed by atoms with E-state index < -0.39 is 5.54 Å². The number of nitrogens with two attached hydrogens (primary N) is 1. The summed E-state index contributed by atoms with van der Waals surface area (Å²) in [6.07, 6.45) is 4.78. The summed E-state index contributed by atoms with van der Waals surface area (Å²) < 4.78 is 8.09. The van der Waals surface area contributed by atoms with E-state index >= 15 is 0 Å². The predicted molar refractivity (Wildman–Crippen MR) is 84.3 cm³/mol. The maximum atomic E-state index is 6.21. The van der Waals surface area contributed by atoms with E-state index in [1.165, 1.54) is 0 Å². The SMILES string of the molecule is NC1(c2noc(-c3ccn(-c4cccc(Br)c4)n3)n2)CCC1. The highest BCUT2D eigenvalue weighted by molar-refractivity contribution is 9.10. The van der Waals surface area contributed by atoms with Crippen LogP contribution in [-0.2, 0) is 5.54 Å². The van der Waals surface area contributed by atoms with E-state index in [1.54, 1.807) is 4.68 Å². The van der Waals surface area contributed by atoms with Crippen molar-refractivity contribution >= 4 is 15.9 Å². The summed E-state index contributed by atoms with van der Waals surface area (Å²) in [4.78, 5) is 4.41. The standard InChI is InChI=1S/C15H14BrN5O/c16-10-3-1-4-11(9-10)21-8-5-12(19-21)13-18-14(20-22-13)15(17)6-2-7-15/h1,3-5,8-9H,2,6-7,17H2. The number of hydrogen-bond acceptors (Lipinski definition) is 5. The Morgan fingerprint density at radius 1 is 1.27 bits per heavy atom. The molecule has 1 aliphatic carbocycles. The zero-order valence-corrected chi connectivity index (χ0v) is 13.3. The molecule has 6 nitrogen and oxygen atoms in total. The lowest BCUT2D eigenvalue weighted by Crippen LogP contribution is -2.44. The summed E-state index contributed by atoms with van der Waals surface area (Å²) in [6.45, 7) is 0. The van der Waals surface area contributed by atoms with Gasteiger partial charge in [0, 0.05) is 10.7 Å². The highest BCUT2D eigenvalue weighted by Crippen LogP contribution is 2.37. The van der Waals surface area contributed by atoms with Crippen LogP contribution in [0.1, 0.15) is 25.1 Å². The van der Waals surface area contributed by atoms with Crippen molar-refractivity contribution in [1.82, 2.24) is 19.9 Å². The van der Waals surface area contributed by atoms with E-state index in [1.807, 2.05) is 36.5 Å². The summed E-state index contributed by atoms with van der Waals surface area (Å²) >= 11 is 3.45. The van der Waals surface area contributed by atoms with Crippen LogP contribution >= 0.6 is 15.9 Å². The summed E-state index contributed by atoms with van der Waals surface area (Å²) in [7, 11) is 0. The largest absolute Gasteiger partial charge is 0.332 e. The van der Waals surface area contributed by atoms with Crippen LogP contribution in [-0.4, -0.2) is 19.9 Å². The first-order valence-corrected chi connectivity index (χ1v) is 7.88. The highest BCUT2D eigenvalue weighted by atomic mass is 79.9. The molecule has 0 unspecified atom stereocenters. The molecule has 0 amide bonds. The first-order valence-electron chi connectivity index (χ1n) is 7.09. The van der Waals surface area contributed by atoms with E-state index in [9.17, 15) is 0 Å². The van der Waals surface area contributed by atoms with Crippen molar-refractivity contribution < 1.29 is 4.52 Å². The monoisotopic (exact) mass is 359 g/mol. The van der Waals surface area contributed by atoms with Gasteiger partial charge in [-0.1, -0.05) is 27.2 Å². The van der Waals surface area contributed by atoms with Crippen molar-refractivity contribution in [3.05, 3.63) is 46.8 Å². The van der Waals surface area contributed by atoms with Gasteiger partial charge in [-0.2, -0.15) is 10.1 Å². The van der Waals surface area contributed by atoms with Gasteiger partial charge in [0.1, 0.15) is 0 Å². The first kappa shape index (κ1) is 13.7. The number of benzene rings is 1. The molecule has 22 heavy (non-hydrogen) atoms. The van der Waals surface area contributed by atoms with E-state index in [4.69, 9.17) is 10.3 Å². The minimum atomic E-state index is -0.422. The number of halogens is 1. The summed E-state index contributed by atoms with van der Waals surface area (Å²) in [5, 5.41) is 8.50. The molecule has 2 aromatic heterocycles. The molecular formula is C15H14BrN5O. The Kier molecular flexibility index (Phi) is 3.12. The Hall–Kier alpha value is -1.99. The molecule has 7 heteroatoms. The third kappa shape index (κ3) is 2.26. The van der Waals surface area contributed by atoms with Crippen LogP contribution in [0.25, 0.3) is 17.3 Å². The lowest BCUT2D eigenvalue weighted by atomic mass is 9.77. The summed E-state index contributed by atoms with van der Waals surface area (Å²) in [5.41, 5.74) is 7.38. The van der Waals surface area contributed by atoms with Crippen molar-refractivity contribution in [2.24, 2.45) is 5.73 Å². The molecule has 0 atom stereocenters. The topological polar surface area (TPSA) is 82.8 Å². The first-order chi connectivity index (χ1) is 10.6. The van der Waals surface area contributed by atoms with Crippen molar-refractivity contribution in [1.29, 1.82) is 0 Å². The van der Waals surface area contributed by atoms with Gasteiger partial charge in [0.25, 0.3) is 5.89 Å². The molecule has 1 aliphatic rings. The van der Waals surface area contributed by atoms with E-state index in [-0.39, 0.29) is 0 Å². The van der Waals surface area contributed by atoms with Crippen molar-refractivity contribution in [3.8, 4) is 17.3 Å². The Bertz CT molecular complexity index is 821. The molecule has 0 saturated heterocycles. The van der Waals surface area contributed by atoms with Gasteiger partial charge >= 0.3 is 0 Å². The van der Waals surface area contributed by atoms with Crippen LogP contribution in [0, 0.1) is 0 Å². The Morgan fingerprint density at radius 3 is 2.86 bits per heavy atom. The van der Waals surface area contributed by atoms with Crippen LogP contribution in [0.4, 0.5) is 0 Å². The van der Waals surface area contributed by atoms with Crippen molar-refractivity contribution in [2.45, 2.75) is 24.8 Å². The van der Waals surface area contributed by atoms with Gasteiger partial charge in [-0.25, -0.2) is 4.68 Å². The minimum Gasteiger partial charge on any atom is -0.332 e. The molecule has 112 valence electrons. The number of rotatable bonds is 3. The molecule has 3 aromatic rings. The van der Waals surface area contributed by atoms with E-state index in [2.05, 4.69) is 31.2 Å². The van der Waals surface area contributed by atoms with Crippen LogP contribution < -0.4 is 5.73 Å². The smallest absolute Gasteiger partial charge is 0.278 e. The average Bonchev–Trinajstić information content (AvgIpc) is 3.14. The Labute approximate surface area is 135 Å². The lowest BCUT2D eigenvalue weighted by Gasteiger charge is -2.34. The highest BCUT2D eigenvalue weighted by Gasteiger charge is 2.39. The van der Waals surface area contributed by atoms with Crippen LogP contribution in [0.15, 0.2) is 45.5 Å². The zero-order valence-electron chi connectivity index (χ0n) is 11.7. The fraction of sp³-hybridized carbons (Fsp3) is 0.267. The Morgan fingerprint density at radius 2 is 2.14 bits per heavy atom. The fourth-order valence-corrected chi connectivity index (χ4v) is 2.90. The molecule has 1 fully saturated rings. The van der Waals surface area contributed by atoms with E-state index in [0.29, 0.717) is 17.4 Å². The third-order valence-electron chi connectivity index (χ3n) is 4.00. The quantitative estimate of drug-likeness (QED) is 0.776. The normalized spacial score (nSPS) is 16.5. The number of hydrogen-bond donors (Lipinski definition) is 1. The number of aromatic nitrogens is 4. The molecule has 2 N–H and O–H groups in total. The third-order valence-corrected chi connectivity index (χ3v) is 4.49. The van der Waals surface area contributed by atoms with Crippen LogP contribution in [0.3, 0.4) is 0 Å².